The topological polar surface area (TPSA) is 24.9 Å². The van der Waals surface area contributed by atoms with Gasteiger partial charge in [-0.2, -0.15) is 0 Å². The molecular formula is C16H24N2. The first-order chi connectivity index (χ1) is 8.81. The van der Waals surface area contributed by atoms with E-state index in [9.17, 15) is 0 Å². The third-order valence-electron chi connectivity index (χ3n) is 4.57. The van der Waals surface area contributed by atoms with Crippen LogP contribution in [0.3, 0.4) is 0 Å². The van der Waals surface area contributed by atoms with Crippen molar-refractivity contribution in [2.75, 3.05) is 0 Å². The molecule has 2 unspecified atom stereocenters. The van der Waals surface area contributed by atoms with Crippen molar-refractivity contribution in [3.8, 4) is 0 Å². The lowest BCUT2D eigenvalue weighted by molar-refractivity contribution is 0.260. The zero-order valence-electron chi connectivity index (χ0n) is 11.4. The van der Waals surface area contributed by atoms with Crippen molar-refractivity contribution in [1.82, 2.24) is 10.3 Å². The van der Waals surface area contributed by atoms with Crippen LogP contribution in [0.1, 0.15) is 49.8 Å². The zero-order chi connectivity index (χ0) is 12.4. The predicted octanol–water partition coefficient (Wildman–Crippen LogP) is 3.45. The van der Waals surface area contributed by atoms with Crippen LogP contribution in [0.2, 0.25) is 0 Å². The van der Waals surface area contributed by atoms with E-state index >= 15 is 0 Å². The summed E-state index contributed by atoms with van der Waals surface area (Å²) in [5.41, 5.74) is 2.42. The van der Waals surface area contributed by atoms with Crippen LogP contribution in [0, 0.1) is 18.8 Å². The van der Waals surface area contributed by atoms with Crippen molar-refractivity contribution in [3.63, 3.8) is 0 Å². The van der Waals surface area contributed by atoms with Gasteiger partial charge in [0.1, 0.15) is 0 Å². The van der Waals surface area contributed by atoms with Gasteiger partial charge in [0.25, 0.3) is 0 Å². The van der Waals surface area contributed by atoms with Crippen molar-refractivity contribution < 1.29 is 0 Å². The highest BCUT2D eigenvalue weighted by Crippen LogP contribution is 2.43. The fraction of sp³-hybridized carbons (Fsp3) is 0.688. The number of pyridine rings is 1. The van der Waals surface area contributed by atoms with Gasteiger partial charge < -0.3 is 5.32 Å². The minimum atomic E-state index is 0.741. The molecule has 2 aliphatic rings. The SMILES string of the molecule is Cc1ccc(CNC2CCCC(C3CC3)C2)cn1. The van der Waals surface area contributed by atoms with E-state index in [1.807, 2.05) is 13.1 Å². The summed E-state index contributed by atoms with van der Waals surface area (Å²) < 4.78 is 0. The monoisotopic (exact) mass is 244 g/mol. The number of nitrogens with zero attached hydrogens (tertiary/aromatic N) is 1. The maximum Gasteiger partial charge on any atom is 0.0372 e. The molecule has 0 saturated heterocycles. The molecule has 0 radical (unpaired) electrons. The Morgan fingerprint density at radius 2 is 2.06 bits per heavy atom. The van der Waals surface area contributed by atoms with Gasteiger partial charge in [0, 0.05) is 24.5 Å². The molecule has 98 valence electrons. The van der Waals surface area contributed by atoms with Gasteiger partial charge in [0.15, 0.2) is 0 Å². The van der Waals surface area contributed by atoms with Crippen LogP contribution < -0.4 is 5.32 Å². The molecule has 0 amide bonds. The van der Waals surface area contributed by atoms with Gasteiger partial charge in [0.2, 0.25) is 0 Å². The normalized spacial score (nSPS) is 28.3. The molecule has 2 nitrogen and oxygen atoms in total. The highest BCUT2D eigenvalue weighted by atomic mass is 14.9. The van der Waals surface area contributed by atoms with Gasteiger partial charge >= 0.3 is 0 Å². The number of nitrogens with one attached hydrogen (secondary N) is 1. The molecule has 1 aromatic rings. The van der Waals surface area contributed by atoms with Crippen LogP contribution in [-0.2, 0) is 6.54 Å². The number of hydrogen-bond donors (Lipinski definition) is 1. The lowest BCUT2D eigenvalue weighted by atomic mass is 9.82. The first kappa shape index (κ1) is 12.2. The molecule has 2 saturated carbocycles. The number of aryl methyl sites for hydroxylation is 1. The second kappa shape index (κ2) is 5.40. The Kier molecular flexibility index (Phi) is 3.64. The van der Waals surface area contributed by atoms with Gasteiger partial charge in [0.05, 0.1) is 0 Å². The fourth-order valence-electron chi connectivity index (χ4n) is 3.27. The van der Waals surface area contributed by atoms with E-state index < -0.39 is 0 Å². The average molecular weight is 244 g/mol. The summed E-state index contributed by atoms with van der Waals surface area (Å²) in [6.07, 6.45) is 10.7. The summed E-state index contributed by atoms with van der Waals surface area (Å²) in [4.78, 5) is 4.36. The minimum Gasteiger partial charge on any atom is -0.310 e. The first-order valence-electron chi connectivity index (χ1n) is 7.46. The molecule has 1 N–H and O–H groups in total. The zero-order valence-corrected chi connectivity index (χ0v) is 11.4. The van der Waals surface area contributed by atoms with Crippen molar-refractivity contribution in [2.45, 2.75) is 58.0 Å². The Hall–Kier alpha value is -0.890. The molecular weight excluding hydrogens is 220 g/mol. The largest absolute Gasteiger partial charge is 0.310 e. The lowest BCUT2D eigenvalue weighted by Crippen LogP contribution is -2.34. The highest BCUT2D eigenvalue weighted by molar-refractivity contribution is 5.12. The molecule has 0 spiro atoms. The highest BCUT2D eigenvalue weighted by Gasteiger charge is 2.34. The molecule has 1 aromatic heterocycles. The molecule has 1 heterocycles. The van der Waals surface area contributed by atoms with Crippen molar-refractivity contribution in [2.24, 2.45) is 11.8 Å². The minimum absolute atomic E-state index is 0.741. The number of rotatable bonds is 4. The van der Waals surface area contributed by atoms with Crippen molar-refractivity contribution >= 4 is 0 Å². The molecule has 18 heavy (non-hydrogen) atoms. The van der Waals surface area contributed by atoms with Gasteiger partial charge in [-0.3, -0.25) is 4.98 Å². The molecule has 2 aliphatic carbocycles. The summed E-state index contributed by atoms with van der Waals surface area (Å²) in [5, 5.41) is 3.73. The Morgan fingerprint density at radius 1 is 1.17 bits per heavy atom. The number of aromatic nitrogens is 1. The molecule has 0 bridgehead atoms. The van der Waals surface area contributed by atoms with Crippen LogP contribution in [0.25, 0.3) is 0 Å². The smallest absolute Gasteiger partial charge is 0.0372 e. The summed E-state index contributed by atoms with van der Waals surface area (Å²) in [6, 6.07) is 5.03. The maximum absolute atomic E-state index is 4.36. The molecule has 0 aliphatic heterocycles. The molecule has 2 heteroatoms. The van der Waals surface area contributed by atoms with E-state index in [1.54, 1.807) is 0 Å². The van der Waals surface area contributed by atoms with Crippen LogP contribution in [0.5, 0.6) is 0 Å². The van der Waals surface area contributed by atoms with E-state index in [2.05, 4.69) is 22.4 Å². The van der Waals surface area contributed by atoms with Crippen molar-refractivity contribution in [3.05, 3.63) is 29.6 Å². The van der Waals surface area contributed by atoms with E-state index in [4.69, 9.17) is 0 Å². The van der Waals surface area contributed by atoms with E-state index in [1.165, 1.54) is 44.1 Å². The van der Waals surface area contributed by atoms with Gasteiger partial charge in [-0.25, -0.2) is 0 Å². The van der Waals surface area contributed by atoms with Gasteiger partial charge in [-0.1, -0.05) is 18.9 Å². The van der Waals surface area contributed by atoms with Crippen LogP contribution >= 0.6 is 0 Å². The Labute approximate surface area is 110 Å². The fourth-order valence-corrected chi connectivity index (χ4v) is 3.27. The number of hydrogen-bond acceptors (Lipinski definition) is 2. The summed E-state index contributed by atoms with van der Waals surface area (Å²) in [7, 11) is 0. The van der Waals surface area contributed by atoms with E-state index in [-0.39, 0.29) is 0 Å². The molecule has 2 atom stereocenters. The maximum atomic E-state index is 4.36. The summed E-state index contributed by atoms with van der Waals surface area (Å²) >= 11 is 0. The Morgan fingerprint density at radius 3 is 2.78 bits per heavy atom. The van der Waals surface area contributed by atoms with Crippen molar-refractivity contribution in [1.29, 1.82) is 0 Å². The van der Waals surface area contributed by atoms with Crippen LogP contribution in [0.4, 0.5) is 0 Å². The average Bonchev–Trinajstić information content (AvgIpc) is 3.23. The van der Waals surface area contributed by atoms with Gasteiger partial charge in [-0.15, -0.1) is 0 Å². The van der Waals surface area contributed by atoms with Gasteiger partial charge in [-0.05, 0) is 56.1 Å². The standard InChI is InChI=1S/C16H24N2/c1-12-5-6-13(10-17-12)11-18-16-4-2-3-15(9-16)14-7-8-14/h5-6,10,14-16,18H,2-4,7-9,11H2,1H3. The molecule has 3 rings (SSSR count). The van der Waals surface area contributed by atoms with Crippen LogP contribution in [-0.4, -0.2) is 11.0 Å². The summed E-state index contributed by atoms with van der Waals surface area (Å²) in [5.74, 6) is 2.10. The molecule has 2 fully saturated rings. The van der Waals surface area contributed by atoms with E-state index in [0.29, 0.717) is 0 Å². The second-order valence-corrected chi connectivity index (χ2v) is 6.15. The third-order valence-corrected chi connectivity index (χ3v) is 4.57. The second-order valence-electron chi connectivity index (χ2n) is 6.15. The Bertz CT molecular complexity index is 381. The lowest BCUT2D eigenvalue weighted by Gasteiger charge is -2.30. The Balaban J connectivity index is 1.48. The summed E-state index contributed by atoms with van der Waals surface area (Å²) in [6.45, 7) is 3.02. The third kappa shape index (κ3) is 3.11. The van der Waals surface area contributed by atoms with E-state index in [0.717, 1.165) is 30.1 Å². The first-order valence-corrected chi connectivity index (χ1v) is 7.46. The van der Waals surface area contributed by atoms with Crippen LogP contribution in [0.15, 0.2) is 18.3 Å². The predicted molar refractivity (Wildman–Crippen MR) is 74.3 cm³/mol. The quantitative estimate of drug-likeness (QED) is 0.877. The molecule has 0 aromatic carbocycles.